The molecule has 0 aliphatic carbocycles. The van der Waals surface area contributed by atoms with Gasteiger partial charge in [-0.3, -0.25) is 14.2 Å². The number of aromatic nitrogens is 2. The molecule has 3 rings (SSSR count). The highest BCUT2D eigenvalue weighted by Gasteiger charge is 2.10. The normalized spacial score (nSPS) is 10.7. The summed E-state index contributed by atoms with van der Waals surface area (Å²) in [4.78, 5) is 28.5. The van der Waals surface area contributed by atoms with Crippen molar-refractivity contribution in [2.24, 2.45) is 0 Å². The van der Waals surface area contributed by atoms with E-state index in [-0.39, 0.29) is 24.2 Å². The van der Waals surface area contributed by atoms with Gasteiger partial charge in [0.25, 0.3) is 5.56 Å². The van der Waals surface area contributed by atoms with Crippen LogP contribution < -0.4 is 15.6 Å². The molecule has 2 N–H and O–H groups in total. The van der Waals surface area contributed by atoms with E-state index >= 15 is 0 Å². The van der Waals surface area contributed by atoms with Gasteiger partial charge in [0.2, 0.25) is 5.91 Å². The second-order valence-electron chi connectivity index (χ2n) is 5.62. The number of carbonyl (C=O) groups is 1. The summed E-state index contributed by atoms with van der Waals surface area (Å²) in [6.45, 7) is -0.0482. The van der Waals surface area contributed by atoms with Gasteiger partial charge in [-0.25, -0.2) is 9.37 Å². The Bertz CT molecular complexity index is 1030. The molecular formula is C18H16FN3O4. The zero-order chi connectivity index (χ0) is 18.7. The molecule has 0 spiro atoms. The molecule has 0 radical (unpaired) electrons. The van der Waals surface area contributed by atoms with E-state index in [9.17, 15) is 19.1 Å². The number of fused-ring (bicyclic) bond motifs is 1. The summed E-state index contributed by atoms with van der Waals surface area (Å²) in [5.41, 5.74) is 0.597. The first kappa shape index (κ1) is 17.4. The maximum Gasteiger partial charge on any atom is 0.261 e. The van der Waals surface area contributed by atoms with Gasteiger partial charge in [0.05, 0.1) is 24.3 Å². The maximum absolute atomic E-state index is 13.3. The number of amides is 1. The van der Waals surface area contributed by atoms with Crippen molar-refractivity contribution in [2.45, 2.75) is 13.1 Å². The Balaban J connectivity index is 1.71. The lowest BCUT2D eigenvalue weighted by Gasteiger charge is -2.09. The Morgan fingerprint density at radius 3 is 2.88 bits per heavy atom. The van der Waals surface area contributed by atoms with Crippen LogP contribution in [-0.4, -0.2) is 27.7 Å². The summed E-state index contributed by atoms with van der Waals surface area (Å²) in [5, 5.41) is 12.3. The molecule has 0 fully saturated rings. The number of nitrogens with one attached hydrogen (secondary N) is 1. The highest BCUT2D eigenvalue weighted by atomic mass is 19.1. The number of phenols is 1. The molecule has 2 aromatic carbocycles. The van der Waals surface area contributed by atoms with Gasteiger partial charge in [0.1, 0.15) is 12.4 Å². The van der Waals surface area contributed by atoms with Crippen molar-refractivity contribution in [1.29, 1.82) is 0 Å². The first-order valence-electron chi connectivity index (χ1n) is 7.75. The van der Waals surface area contributed by atoms with Crippen LogP contribution in [0.2, 0.25) is 0 Å². The first-order valence-corrected chi connectivity index (χ1v) is 7.75. The fraction of sp³-hybridized carbons (Fsp3) is 0.167. The van der Waals surface area contributed by atoms with Crippen molar-refractivity contribution in [3.05, 3.63) is 64.5 Å². The molecule has 3 aromatic rings. The quantitative estimate of drug-likeness (QED) is 0.723. The Labute approximate surface area is 147 Å². The fourth-order valence-corrected chi connectivity index (χ4v) is 2.49. The highest BCUT2D eigenvalue weighted by Crippen LogP contribution is 2.26. The molecule has 0 aliphatic heterocycles. The number of nitrogens with zero attached hydrogens (tertiary/aromatic N) is 2. The molecule has 0 unspecified atom stereocenters. The summed E-state index contributed by atoms with van der Waals surface area (Å²) in [5.74, 6) is -0.645. The molecule has 7 nitrogen and oxygen atoms in total. The molecule has 1 aromatic heterocycles. The number of aromatic hydroxyl groups is 1. The molecule has 0 saturated carbocycles. The van der Waals surface area contributed by atoms with Crippen molar-refractivity contribution in [3.63, 3.8) is 0 Å². The minimum Gasteiger partial charge on any atom is -0.504 e. The van der Waals surface area contributed by atoms with E-state index in [0.29, 0.717) is 11.3 Å². The minimum absolute atomic E-state index is 0.00333. The largest absolute Gasteiger partial charge is 0.504 e. The van der Waals surface area contributed by atoms with Gasteiger partial charge in [-0.05, 0) is 35.9 Å². The van der Waals surface area contributed by atoms with Crippen LogP contribution in [0.25, 0.3) is 10.9 Å². The van der Waals surface area contributed by atoms with E-state index < -0.39 is 17.3 Å². The maximum atomic E-state index is 13.3. The van der Waals surface area contributed by atoms with E-state index in [1.54, 1.807) is 12.1 Å². The molecule has 134 valence electrons. The smallest absolute Gasteiger partial charge is 0.261 e. The van der Waals surface area contributed by atoms with Gasteiger partial charge >= 0.3 is 0 Å². The van der Waals surface area contributed by atoms with Gasteiger partial charge in [0.15, 0.2) is 11.5 Å². The minimum atomic E-state index is -0.542. The third kappa shape index (κ3) is 3.64. The predicted molar refractivity (Wildman–Crippen MR) is 92.5 cm³/mol. The van der Waals surface area contributed by atoms with Gasteiger partial charge in [-0.2, -0.15) is 0 Å². The van der Waals surface area contributed by atoms with Gasteiger partial charge in [-0.15, -0.1) is 0 Å². The van der Waals surface area contributed by atoms with Crippen LogP contribution in [0, 0.1) is 5.82 Å². The number of ether oxygens (including phenoxy) is 1. The lowest BCUT2D eigenvalue weighted by atomic mass is 10.2. The number of phenolic OH excluding ortho intramolecular Hbond substituents is 1. The fourth-order valence-electron chi connectivity index (χ4n) is 2.49. The van der Waals surface area contributed by atoms with E-state index in [1.807, 2.05) is 0 Å². The Morgan fingerprint density at radius 2 is 2.12 bits per heavy atom. The number of rotatable bonds is 5. The van der Waals surface area contributed by atoms with Crippen LogP contribution in [0.4, 0.5) is 4.39 Å². The SMILES string of the molecule is COc1cc(CNC(=O)Cn2cnc3ccc(F)cc3c2=O)ccc1O. The summed E-state index contributed by atoms with van der Waals surface area (Å²) in [7, 11) is 1.43. The monoisotopic (exact) mass is 357 g/mol. The van der Waals surface area contributed by atoms with Crippen molar-refractivity contribution in [1.82, 2.24) is 14.9 Å². The second kappa shape index (κ2) is 7.22. The highest BCUT2D eigenvalue weighted by molar-refractivity contribution is 5.79. The average Bonchev–Trinajstić information content (AvgIpc) is 2.64. The summed E-state index contributed by atoms with van der Waals surface area (Å²) >= 11 is 0. The Hall–Kier alpha value is -3.42. The van der Waals surface area contributed by atoms with Crippen LogP contribution in [0.5, 0.6) is 11.5 Å². The van der Waals surface area contributed by atoms with Crippen LogP contribution >= 0.6 is 0 Å². The molecular weight excluding hydrogens is 341 g/mol. The van der Waals surface area contributed by atoms with Crippen LogP contribution in [0.1, 0.15) is 5.56 Å². The van der Waals surface area contributed by atoms with Crippen molar-refractivity contribution < 1.29 is 19.0 Å². The van der Waals surface area contributed by atoms with Gasteiger partial charge < -0.3 is 15.2 Å². The van der Waals surface area contributed by atoms with Crippen LogP contribution in [-0.2, 0) is 17.9 Å². The molecule has 0 aliphatic rings. The third-order valence-corrected chi connectivity index (χ3v) is 3.83. The second-order valence-corrected chi connectivity index (χ2v) is 5.62. The number of methoxy groups -OCH3 is 1. The third-order valence-electron chi connectivity index (χ3n) is 3.83. The molecule has 0 atom stereocenters. The van der Waals surface area contributed by atoms with Crippen molar-refractivity contribution in [2.75, 3.05) is 7.11 Å². The predicted octanol–water partition coefficient (Wildman–Crippen LogP) is 1.57. The van der Waals surface area contributed by atoms with Gasteiger partial charge in [-0.1, -0.05) is 6.07 Å². The number of benzene rings is 2. The molecule has 0 bridgehead atoms. The number of hydrogen-bond acceptors (Lipinski definition) is 5. The Kier molecular flexibility index (Phi) is 4.83. The number of hydrogen-bond donors (Lipinski definition) is 2. The number of carbonyl (C=O) groups excluding carboxylic acids is 1. The standard InChI is InChI=1S/C18H16FN3O4/c1-26-16-6-11(2-5-15(16)23)8-20-17(24)9-22-10-21-14-4-3-12(19)7-13(14)18(22)25/h2-7,10,23H,8-9H2,1H3,(H,20,24). The van der Waals surface area contributed by atoms with E-state index in [4.69, 9.17) is 4.74 Å². The topological polar surface area (TPSA) is 93.5 Å². The van der Waals surface area contributed by atoms with Crippen LogP contribution in [0.3, 0.4) is 0 Å². The van der Waals surface area contributed by atoms with Crippen molar-refractivity contribution in [3.8, 4) is 11.5 Å². The average molecular weight is 357 g/mol. The summed E-state index contributed by atoms with van der Waals surface area (Å²) in [6, 6.07) is 8.44. The van der Waals surface area contributed by atoms with Crippen molar-refractivity contribution >= 4 is 16.8 Å². The molecule has 8 heteroatoms. The van der Waals surface area contributed by atoms with Gasteiger partial charge in [0, 0.05) is 6.54 Å². The molecule has 1 heterocycles. The van der Waals surface area contributed by atoms with E-state index in [2.05, 4.69) is 10.3 Å². The molecule has 0 saturated heterocycles. The van der Waals surface area contributed by atoms with Crippen LogP contribution in [0.15, 0.2) is 47.5 Å². The lowest BCUT2D eigenvalue weighted by molar-refractivity contribution is -0.121. The van der Waals surface area contributed by atoms with E-state index in [0.717, 1.165) is 16.2 Å². The summed E-state index contributed by atoms with van der Waals surface area (Å²) < 4.78 is 19.5. The summed E-state index contributed by atoms with van der Waals surface area (Å²) in [6.07, 6.45) is 1.26. The first-order chi connectivity index (χ1) is 12.5. The zero-order valence-corrected chi connectivity index (χ0v) is 13.9. The molecule has 26 heavy (non-hydrogen) atoms. The Morgan fingerprint density at radius 1 is 1.31 bits per heavy atom. The lowest BCUT2D eigenvalue weighted by Crippen LogP contribution is -2.32. The van der Waals surface area contributed by atoms with E-state index in [1.165, 1.54) is 31.6 Å². The zero-order valence-electron chi connectivity index (χ0n) is 13.9. The molecule has 1 amide bonds. The number of halogens is 1.